The summed E-state index contributed by atoms with van der Waals surface area (Å²) in [6, 6.07) is 0. The van der Waals surface area contributed by atoms with E-state index < -0.39 is 24.6 Å². The summed E-state index contributed by atoms with van der Waals surface area (Å²) in [6.07, 6.45) is -2.86. The van der Waals surface area contributed by atoms with E-state index in [1.807, 2.05) is 0 Å². The van der Waals surface area contributed by atoms with Gasteiger partial charge in [-0.1, -0.05) is 0 Å². The Balaban J connectivity index is 3.59. The largest absolute Gasteiger partial charge is 0.481 e. The van der Waals surface area contributed by atoms with Crippen molar-refractivity contribution in [3.8, 4) is 0 Å². The second-order valence-electron chi connectivity index (χ2n) is 2.19. The number of carbonyl (C=O) groups excluding carboxylic acids is 1. The zero-order valence-electron chi connectivity index (χ0n) is 5.80. The van der Waals surface area contributed by atoms with Crippen LogP contribution in [0.5, 0.6) is 0 Å². The molecule has 0 amide bonds. The van der Waals surface area contributed by atoms with Crippen LogP contribution in [0.15, 0.2) is 0 Å². The predicted molar refractivity (Wildman–Crippen MR) is 34.9 cm³/mol. The van der Waals surface area contributed by atoms with Crippen LogP contribution in [0.25, 0.3) is 0 Å². The van der Waals surface area contributed by atoms with E-state index in [-0.39, 0.29) is 12.7 Å². The molecule has 0 heterocycles. The van der Waals surface area contributed by atoms with Gasteiger partial charge in [0, 0.05) is 6.42 Å². The van der Waals surface area contributed by atoms with Crippen molar-refractivity contribution < 1.29 is 24.9 Å². The third-order valence-electron chi connectivity index (χ3n) is 1.08. The van der Waals surface area contributed by atoms with E-state index in [0.29, 0.717) is 0 Å². The molecule has 0 aromatic heterocycles. The molecule has 0 aliphatic heterocycles. The van der Waals surface area contributed by atoms with Gasteiger partial charge in [-0.25, -0.2) is 0 Å². The summed E-state index contributed by atoms with van der Waals surface area (Å²) < 4.78 is 0. The Kier molecular flexibility index (Phi) is 4.40. The normalized spacial score (nSPS) is 15.5. The lowest BCUT2D eigenvalue weighted by Crippen LogP contribution is -2.21. The zero-order valence-corrected chi connectivity index (χ0v) is 5.80. The number of hydrogen-bond donors (Lipinski definition) is 3. The molecule has 0 rings (SSSR count). The maximum absolute atomic E-state index is 9.95. The van der Waals surface area contributed by atoms with Gasteiger partial charge in [-0.3, -0.25) is 4.79 Å². The molecule has 0 aromatic carbocycles. The topological polar surface area (TPSA) is 94.8 Å². The molecule has 2 atom stereocenters. The molecule has 64 valence electrons. The van der Waals surface area contributed by atoms with Crippen LogP contribution >= 0.6 is 0 Å². The molecule has 0 spiro atoms. The van der Waals surface area contributed by atoms with E-state index in [9.17, 15) is 9.59 Å². The number of carbonyl (C=O) groups is 2. The standard InChI is InChI=1S/C6H10O5/c7-3-5(9)1-4(8)2-6(10)11/h3-5,8-9H,1-2H2,(H,10,11)/t4-,5+/m1/s1. The SMILES string of the molecule is O=C[C@@H](O)C[C@@H](O)CC(=O)O. The molecule has 0 bridgehead atoms. The highest BCUT2D eigenvalue weighted by Gasteiger charge is 2.13. The van der Waals surface area contributed by atoms with Gasteiger partial charge in [0.25, 0.3) is 0 Å². The van der Waals surface area contributed by atoms with E-state index >= 15 is 0 Å². The van der Waals surface area contributed by atoms with Crippen molar-refractivity contribution in [2.75, 3.05) is 0 Å². The minimum atomic E-state index is -1.27. The minimum absolute atomic E-state index is 0.226. The first kappa shape index (κ1) is 10.1. The lowest BCUT2D eigenvalue weighted by molar-refractivity contribution is -0.139. The van der Waals surface area contributed by atoms with Gasteiger partial charge in [0.1, 0.15) is 12.4 Å². The first-order valence-electron chi connectivity index (χ1n) is 3.09. The molecule has 0 aliphatic rings. The van der Waals surface area contributed by atoms with E-state index in [0.717, 1.165) is 0 Å². The molecule has 0 aliphatic carbocycles. The first-order valence-corrected chi connectivity index (χ1v) is 3.09. The van der Waals surface area contributed by atoms with Crippen LogP contribution in [0.4, 0.5) is 0 Å². The smallest absolute Gasteiger partial charge is 0.305 e. The quantitative estimate of drug-likeness (QED) is 0.440. The van der Waals surface area contributed by atoms with E-state index in [1.165, 1.54) is 0 Å². The number of carboxylic acid groups (broad SMARTS) is 1. The van der Waals surface area contributed by atoms with Gasteiger partial charge in [-0.15, -0.1) is 0 Å². The van der Waals surface area contributed by atoms with Crippen LogP contribution in [0.2, 0.25) is 0 Å². The monoisotopic (exact) mass is 162 g/mol. The highest BCUT2D eigenvalue weighted by atomic mass is 16.4. The Morgan fingerprint density at radius 2 is 2.00 bits per heavy atom. The van der Waals surface area contributed by atoms with Crippen molar-refractivity contribution in [3.63, 3.8) is 0 Å². The van der Waals surface area contributed by atoms with E-state index in [1.54, 1.807) is 0 Å². The Labute approximate surface area is 63.3 Å². The fraction of sp³-hybridized carbons (Fsp3) is 0.667. The van der Waals surface area contributed by atoms with Gasteiger partial charge in [-0.2, -0.15) is 0 Å². The number of rotatable bonds is 5. The van der Waals surface area contributed by atoms with Crippen LogP contribution in [0.1, 0.15) is 12.8 Å². The number of aliphatic carboxylic acids is 1. The lowest BCUT2D eigenvalue weighted by atomic mass is 10.1. The second-order valence-corrected chi connectivity index (χ2v) is 2.19. The van der Waals surface area contributed by atoms with Gasteiger partial charge in [0.05, 0.1) is 12.5 Å². The molecule has 5 nitrogen and oxygen atoms in total. The number of aliphatic hydroxyl groups is 2. The van der Waals surface area contributed by atoms with Crippen LogP contribution in [-0.4, -0.2) is 39.8 Å². The third kappa shape index (κ3) is 5.50. The van der Waals surface area contributed by atoms with Crippen molar-refractivity contribution in [3.05, 3.63) is 0 Å². The summed E-state index contributed by atoms with van der Waals surface area (Å²) in [7, 11) is 0. The average Bonchev–Trinajstić information content (AvgIpc) is 1.85. The zero-order chi connectivity index (χ0) is 8.85. The Hall–Kier alpha value is -0.940. The lowest BCUT2D eigenvalue weighted by Gasteiger charge is -2.07. The molecule has 0 fully saturated rings. The second kappa shape index (κ2) is 4.81. The highest BCUT2D eigenvalue weighted by molar-refractivity contribution is 5.67. The van der Waals surface area contributed by atoms with Crippen LogP contribution in [0.3, 0.4) is 0 Å². The summed E-state index contributed by atoms with van der Waals surface area (Å²) >= 11 is 0. The molecule has 5 heteroatoms. The Bertz CT molecular complexity index is 144. The summed E-state index contributed by atoms with van der Waals surface area (Å²) in [4.78, 5) is 19.8. The van der Waals surface area contributed by atoms with Crippen LogP contribution < -0.4 is 0 Å². The molecular weight excluding hydrogens is 152 g/mol. The van der Waals surface area contributed by atoms with Crippen molar-refractivity contribution in [1.29, 1.82) is 0 Å². The summed E-state index contributed by atoms with van der Waals surface area (Å²) in [5.74, 6) is -1.16. The number of hydrogen-bond acceptors (Lipinski definition) is 4. The van der Waals surface area contributed by atoms with Crippen LogP contribution in [-0.2, 0) is 9.59 Å². The van der Waals surface area contributed by atoms with Crippen LogP contribution in [0, 0.1) is 0 Å². The highest BCUT2D eigenvalue weighted by Crippen LogP contribution is 2.00. The van der Waals surface area contributed by atoms with Crippen molar-refractivity contribution in [2.45, 2.75) is 25.0 Å². The molecule has 0 radical (unpaired) electrons. The molecule has 11 heavy (non-hydrogen) atoms. The van der Waals surface area contributed by atoms with Crippen molar-refractivity contribution in [2.24, 2.45) is 0 Å². The predicted octanol–water partition coefficient (Wildman–Crippen LogP) is -1.23. The van der Waals surface area contributed by atoms with Gasteiger partial charge in [0.2, 0.25) is 0 Å². The molecule has 0 unspecified atom stereocenters. The molecule has 3 N–H and O–H groups in total. The minimum Gasteiger partial charge on any atom is -0.481 e. The van der Waals surface area contributed by atoms with Gasteiger partial charge in [-0.05, 0) is 0 Å². The summed E-state index contributed by atoms with van der Waals surface area (Å²) in [6.45, 7) is 0. The Morgan fingerprint density at radius 1 is 1.45 bits per heavy atom. The van der Waals surface area contributed by atoms with Crippen molar-refractivity contribution in [1.82, 2.24) is 0 Å². The number of aliphatic hydroxyl groups excluding tert-OH is 2. The third-order valence-corrected chi connectivity index (χ3v) is 1.08. The number of carboxylic acids is 1. The van der Waals surface area contributed by atoms with Gasteiger partial charge >= 0.3 is 5.97 Å². The van der Waals surface area contributed by atoms with Gasteiger partial charge < -0.3 is 20.1 Å². The molecule has 0 aromatic rings. The molecular formula is C6H10O5. The Morgan fingerprint density at radius 3 is 2.36 bits per heavy atom. The van der Waals surface area contributed by atoms with Crippen molar-refractivity contribution >= 4 is 12.3 Å². The fourth-order valence-electron chi connectivity index (χ4n) is 0.619. The van der Waals surface area contributed by atoms with Gasteiger partial charge in [0.15, 0.2) is 0 Å². The molecule has 0 saturated carbocycles. The first-order chi connectivity index (χ1) is 5.06. The van der Waals surface area contributed by atoms with E-state index in [2.05, 4.69) is 0 Å². The summed E-state index contributed by atoms with van der Waals surface area (Å²) in [5.41, 5.74) is 0. The summed E-state index contributed by atoms with van der Waals surface area (Å²) in [5, 5.41) is 25.6. The fourth-order valence-corrected chi connectivity index (χ4v) is 0.619. The maximum Gasteiger partial charge on any atom is 0.305 e. The maximum atomic E-state index is 9.95. The average molecular weight is 162 g/mol. The van der Waals surface area contributed by atoms with E-state index in [4.69, 9.17) is 15.3 Å². The molecule has 0 saturated heterocycles. The number of aldehydes is 1.